The van der Waals surface area contributed by atoms with E-state index in [1.54, 1.807) is 0 Å². The van der Waals surface area contributed by atoms with Crippen molar-refractivity contribution >= 4 is 32.4 Å². The van der Waals surface area contributed by atoms with E-state index < -0.39 is 0 Å². The third-order valence-electron chi connectivity index (χ3n) is 3.38. The zero-order valence-electron chi connectivity index (χ0n) is 9.67. The maximum atomic E-state index is 4.60. The van der Waals surface area contributed by atoms with Crippen molar-refractivity contribution in [1.82, 2.24) is 9.97 Å². The first-order valence-electron chi connectivity index (χ1n) is 5.94. The second kappa shape index (κ2) is 3.50. The van der Waals surface area contributed by atoms with Gasteiger partial charge >= 0.3 is 0 Å². The van der Waals surface area contributed by atoms with Crippen LogP contribution in [-0.2, 0) is 0 Å². The summed E-state index contributed by atoms with van der Waals surface area (Å²) in [4.78, 5) is 8.80. The van der Waals surface area contributed by atoms with E-state index in [-0.39, 0.29) is 0 Å². The van der Waals surface area contributed by atoms with Gasteiger partial charge in [0.15, 0.2) is 0 Å². The molecule has 2 aromatic carbocycles. The molecule has 2 nitrogen and oxygen atoms in total. The molecule has 0 unspecified atom stereocenters. The van der Waals surface area contributed by atoms with Crippen LogP contribution in [0.1, 0.15) is 0 Å². The smallest absolute Gasteiger partial charge is 0.0802 e. The predicted molar refractivity (Wildman–Crippen MR) is 74.6 cm³/mol. The summed E-state index contributed by atoms with van der Waals surface area (Å²) in [6, 6.07) is 14.6. The van der Waals surface area contributed by atoms with Crippen molar-refractivity contribution in [3.8, 4) is 0 Å². The summed E-state index contributed by atoms with van der Waals surface area (Å²) in [6.07, 6.45) is 5.64. The second-order valence-corrected chi connectivity index (χ2v) is 4.40. The highest BCUT2D eigenvalue weighted by molar-refractivity contribution is 6.14. The predicted octanol–water partition coefficient (Wildman–Crippen LogP) is 3.94. The van der Waals surface area contributed by atoms with Gasteiger partial charge in [-0.15, -0.1) is 0 Å². The zero-order chi connectivity index (χ0) is 11.9. The normalized spacial score (nSPS) is 11.3. The molecule has 0 radical (unpaired) electrons. The largest absolute Gasteiger partial charge is 0.264 e. The van der Waals surface area contributed by atoms with Gasteiger partial charge in [-0.2, -0.15) is 0 Å². The van der Waals surface area contributed by atoms with Crippen LogP contribution in [0, 0.1) is 0 Å². The molecule has 0 aliphatic carbocycles. The summed E-state index contributed by atoms with van der Waals surface area (Å²) in [7, 11) is 0. The Morgan fingerprint density at radius 3 is 2.61 bits per heavy atom. The highest BCUT2D eigenvalue weighted by atomic mass is 14.7. The third kappa shape index (κ3) is 1.23. The van der Waals surface area contributed by atoms with Crippen molar-refractivity contribution in [2.75, 3.05) is 0 Å². The number of fused-ring (bicyclic) bond motifs is 5. The SMILES string of the molecule is c1ccc2c(c1)cnc1c3cnccc3ccc21. The Kier molecular flexibility index (Phi) is 1.86. The van der Waals surface area contributed by atoms with Crippen LogP contribution in [0.25, 0.3) is 32.4 Å². The van der Waals surface area contributed by atoms with Crippen LogP contribution in [0.5, 0.6) is 0 Å². The summed E-state index contributed by atoms with van der Waals surface area (Å²) in [5, 5.41) is 5.90. The van der Waals surface area contributed by atoms with Gasteiger partial charge in [0.25, 0.3) is 0 Å². The third-order valence-corrected chi connectivity index (χ3v) is 3.38. The first-order chi connectivity index (χ1) is 8.93. The van der Waals surface area contributed by atoms with Gasteiger partial charge in [0.05, 0.1) is 5.52 Å². The molecule has 2 heteroatoms. The lowest BCUT2D eigenvalue weighted by Gasteiger charge is -2.05. The van der Waals surface area contributed by atoms with Gasteiger partial charge in [-0.25, -0.2) is 0 Å². The number of hydrogen-bond donors (Lipinski definition) is 0. The molecule has 18 heavy (non-hydrogen) atoms. The van der Waals surface area contributed by atoms with Crippen molar-refractivity contribution in [2.24, 2.45) is 0 Å². The summed E-state index contributed by atoms with van der Waals surface area (Å²) in [6.45, 7) is 0. The average molecular weight is 230 g/mol. The number of nitrogens with zero attached hydrogens (tertiary/aromatic N) is 2. The van der Waals surface area contributed by atoms with Gasteiger partial charge in [0.2, 0.25) is 0 Å². The first kappa shape index (κ1) is 9.54. The van der Waals surface area contributed by atoms with Crippen molar-refractivity contribution in [2.45, 2.75) is 0 Å². The molecule has 0 atom stereocenters. The fraction of sp³-hybridized carbons (Fsp3) is 0. The summed E-state index contributed by atoms with van der Waals surface area (Å²) in [5.74, 6) is 0. The lowest BCUT2D eigenvalue weighted by Crippen LogP contribution is -1.84. The monoisotopic (exact) mass is 230 g/mol. The second-order valence-electron chi connectivity index (χ2n) is 4.40. The van der Waals surface area contributed by atoms with E-state index in [0.717, 1.165) is 10.9 Å². The zero-order valence-corrected chi connectivity index (χ0v) is 9.67. The summed E-state index contributed by atoms with van der Waals surface area (Å²) in [5.41, 5.74) is 1.03. The fourth-order valence-electron chi connectivity index (χ4n) is 2.49. The minimum atomic E-state index is 1.03. The minimum absolute atomic E-state index is 1.03. The fourth-order valence-corrected chi connectivity index (χ4v) is 2.49. The van der Waals surface area contributed by atoms with Gasteiger partial charge in [0, 0.05) is 34.7 Å². The summed E-state index contributed by atoms with van der Waals surface area (Å²) < 4.78 is 0. The van der Waals surface area contributed by atoms with E-state index in [9.17, 15) is 0 Å². The van der Waals surface area contributed by atoms with Crippen LogP contribution in [-0.4, -0.2) is 9.97 Å². The lowest BCUT2D eigenvalue weighted by atomic mass is 10.0. The molecular weight excluding hydrogens is 220 g/mol. The molecule has 0 saturated carbocycles. The first-order valence-corrected chi connectivity index (χ1v) is 5.94. The van der Waals surface area contributed by atoms with E-state index >= 15 is 0 Å². The molecule has 0 fully saturated rings. The van der Waals surface area contributed by atoms with E-state index in [0.29, 0.717) is 0 Å². The van der Waals surface area contributed by atoms with Crippen LogP contribution in [0.3, 0.4) is 0 Å². The molecule has 0 amide bonds. The minimum Gasteiger partial charge on any atom is -0.264 e. The standard InChI is InChI=1S/C16H10N2/c1-2-4-13-12(3-1)9-18-16-14(13)6-5-11-7-8-17-10-15(11)16/h1-10H. The maximum absolute atomic E-state index is 4.60. The van der Waals surface area contributed by atoms with Gasteiger partial charge in [-0.3, -0.25) is 9.97 Å². The Labute approximate surface area is 104 Å². The van der Waals surface area contributed by atoms with E-state index in [1.807, 2.05) is 30.7 Å². The van der Waals surface area contributed by atoms with Crippen molar-refractivity contribution in [3.05, 3.63) is 61.1 Å². The Balaban J connectivity index is 2.31. The van der Waals surface area contributed by atoms with E-state index in [2.05, 4.69) is 40.3 Å². The molecular formula is C16H10N2. The maximum Gasteiger partial charge on any atom is 0.0802 e. The van der Waals surface area contributed by atoms with Crippen LogP contribution in [0.15, 0.2) is 61.1 Å². The van der Waals surface area contributed by atoms with Gasteiger partial charge in [0.1, 0.15) is 0 Å². The Bertz CT molecular complexity index is 806. The molecule has 84 valence electrons. The molecule has 0 aliphatic rings. The molecule has 0 N–H and O–H groups in total. The van der Waals surface area contributed by atoms with Crippen molar-refractivity contribution in [3.63, 3.8) is 0 Å². The van der Waals surface area contributed by atoms with Crippen LogP contribution >= 0.6 is 0 Å². The van der Waals surface area contributed by atoms with Crippen LogP contribution in [0.2, 0.25) is 0 Å². The van der Waals surface area contributed by atoms with Crippen molar-refractivity contribution < 1.29 is 0 Å². The van der Waals surface area contributed by atoms with E-state index in [4.69, 9.17) is 0 Å². The van der Waals surface area contributed by atoms with Crippen LogP contribution in [0.4, 0.5) is 0 Å². The molecule has 0 bridgehead atoms. The molecule has 0 spiro atoms. The number of aromatic nitrogens is 2. The number of rotatable bonds is 0. The number of pyridine rings is 2. The quantitative estimate of drug-likeness (QED) is 0.428. The lowest BCUT2D eigenvalue weighted by molar-refractivity contribution is 1.36. The molecule has 2 heterocycles. The molecule has 4 aromatic rings. The van der Waals surface area contributed by atoms with Crippen molar-refractivity contribution in [1.29, 1.82) is 0 Å². The Morgan fingerprint density at radius 1 is 0.667 bits per heavy atom. The highest BCUT2D eigenvalue weighted by Crippen LogP contribution is 2.28. The van der Waals surface area contributed by atoms with Crippen LogP contribution < -0.4 is 0 Å². The Hall–Kier alpha value is -2.48. The van der Waals surface area contributed by atoms with Gasteiger partial charge in [-0.05, 0) is 16.8 Å². The molecule has 0 aliphatic heterocycles. The average Bonchev–Trinajstić information content (AvgIpc) is 2.46. The van der Waals surface area contributed by atoms with Gasteiger partial charge in [-0.1, -0.05) is 36.4 Å². The molecule has 4 rings (SSSR count). The highest BCUT2D eigenvalue weighted by Gasteiger charge is 2.04. The number of benzene rings is 2. The Morgan fingerprint density at radius 2 is 1.61 bits per heavy atom. The van der Waals surface area contributed by atoms with E-state index in [1.165, 1.54) is 21.5 Å². The number of hydrogen-bond acceptors (Lipinski definition) is 2. The summed E-state index contributed by atoms with van der Waals surface area (Å²) >= 11 is 0. The molecule has 0 saturated heterocycles. The van der Waals surface area contributed by atoms with Gasteiger partial charge < -0.3 is 0 Å². The topological polar surface area (TPSA) is 25.8 Å². The molecule has 2 aromatic heterocycles.